The molecule has 1 aromatic heterocycles. The molecule has 1 saturated carbocycles. The molecule has 1 fully saturated rings. The summed E-state index contributed by atoms with van der Waals surface area (Å²) in [4.78, 5) is 4.55. The third-order valence-corrected chi connectivity index (χ3v) is 3.43. The smallest absolute Gasteiger partial charge is 0.128 e. The van der Waals surface area contributed by atoms with Gasteiger partial charge in [-0.1, -0.05) is 19.9 Å². The summed E-state index contributed by atoms with van der Waals surface area (Å²) in [6.45, 7) is 7.68. The molecule has 17 heavy (non-hydrogen) atoms. The van der Waals surface area contributed by atoms with Crippen molar-refractivity contribution >= 4 is 11.6 Å². The van der Waals surface area contributed by atoms with Crippen LogP contribution in [-0.2, 0) is 0 Å². The van der Waals surface area contributed by atoms with Crippen molar-refractivity contribution < 1.29 is 0 Å². The first kappa shape index (κ1) is 12.2. The van der Waals surface area contributed by atoms with Crippen LogP contribution in [-0.4, -0.2) is 17.6 Å². The second-order valence-corrected chi connectivity index (χ2v) is 5.69. The highest BCUT2D eigenvalue weighted by molar-refractivity contribution is 5.45. The van der Waals surface area contributed by atoms with Gasteiger partial charge in [0.05, 0.1) is 0 Å². The molecule has 0 aliphatic heterocycles. The van der Waals surface area contributed by atoms with E-state index < -0.39 is 0 Å². The summed E-state index contributed by atoms with van der Waals surface area (Å²) < 4.78 is 0. The molecule has 3 nitrogen and oxygen atoms in total. The van der Waals surface area contributed by atoms with Crippen LogP contribution in [0.4, 0.5) is 11.6 Å². The summed E-state index contributed by atoms with van der Waals surface area (Å²) in [7, 11) is 0. The van der Waals surface area contributed by atoms with E-state index in [1.807, 2.05) is 18.2 Å². The fourth-order valence-electron chi connectivity index (χ4n) is 2.56. The second kappa shape index (κ2) is 4.94. The maximum absolute atomic E-state index is 4.55. The zero-order chi connectivity index (χ0) is 12.3. The lowest BCUT2D eigenvalue weighted by Crippen LogP contribution is -2.18. The molecule has 2 N–H and O–H groups in total. The normalized spacial score (nSPS) is 22.4. The van der Waals surface area contributed by atoms with Gasteiger partial charge in [-0.25, -0.2) is 4.98 Å². The van der Waals surface area contributed by atoms with Crippen molar-refractivity contribution in [2.75, 3.05) is 17.2 Å². The first-order valence-corrected chi connectivity index (χ1v) is 6.56. The Hall–Kier alpha value is -1.25. The predicted octanol–water partition coefficient (Wildman–Crippen LogP) is 3.50. The van der Waals surface area contributed by atoms with Crippen LogP contribution in [0, 0.1) is 5.41 Å². The number of nitrogens with one attached hydrogen (secondary N) is 2. The Labute approximate surface area is 104 Å². The lowest BCUT2D eigenvalue weighted by Gasteiger charge is -2.18. The predicted molar refractivity (Wildman–Crippen MR) is 73.4 cm³/mol. The van der Waals surface area contributed by atoms with Crippen molar-refractivity contribution in [3.63, 3.8) is 0 Å². The van der Waals surface area contributed by atoms with Gasteiger partial charge in [0.2, 0.25) is 0 Å². The van der Waals surface area contributed by atoms with Crippen LogP contribution in [0.3, 0.4) is 0 Å². The van der Waals surface area contributed by atoms with E-state index in [2.05, 4.69) is 36.4 Å². The Kier molecular flexibility index (Phi) is 3.55. The van der Waals surface area contributed by atoms with E-state index >= 15 is 0 Å². The molecule has 0 bridgehead atoms. The number of aromatic nitrogens is 1. The van der Waals surface area contributed by atoms with Crippen molar-refractivity contribution in [1.29, 1.82) is 0 Å². The molecule has 94 valence electrons. The molecule has 3 heteroatoms. The molecule has 1 atom stereocenters. The Morgan fingerprint density at radius 1 is 1.35 bits per heavy atom. The van der Waals surface area contributed by atoms with Crippen molar-refractivity contribution in [2.45, 2.75) is 46.1 Å². The van der Waals surface area contributed by atoms with E-state index in [0.717, 1.165) is 18.2 Å². The van der Waals surface area contributed by atoms with E-state index in [9.17, 15) is 0 Å². The van der Waals surface area contributed by atoms with Crippen molar-refractivity contribution in [2.24, 2.45) is 5.41 Å². The number of anilines is 2. The van der Waals surface area contributed by atoms with Crippen LogP contribution < -0.4 is 10.6 Å². The summed E-state index contributed by atoms with van der Waals surface area (Å²) in [5.41, 5.74) is 0.483. The third-order valence-electron chi connectivity index (χ3n) is 3.43. The average molecular weight is 233 g/mol. The van der Waals surface area contributed by atoms with E-state index in [1.165, 1.54) is 19.3 Å². The van der Waals surface area contributed by atoms with Gasteiger partial charge in [0.1, 0.15) is 11.6 Å². The first-order chi connectivity index (χ1) is 8.09. The largest absolute Gasteiger partial charge is 0.370 e. The maximum atomic E-state index is 4.55. The van der Waals surface area contributed by atoms with Crippen LogP contribution in [0.2, 0.25) is 0 Å². The van der Waals surface area contributed by atoms with Gasteiger partial charge in [0, 0.05) is 12.6 Å². The molecule has 0 amide bonds. The fourth-order valence-corrected chi connectivity index (χ4v) is 2.56. The summed E-state index contributed by atoms with van der Waals surface area (Å²) in [6.07, 6.45) is 3.79. The molecular formula is C14H23N3. The number of hydrogen-bond acceptors (Lipinski definition) is 3. The van der Waals surface area contributed by atoms with Crippen molar-refractivity contribution in [1.82, 2.24) is 4.98 Å². The van der Waals surface area contributed by atoms with Gasteiger partial charge in [-0.05, 0) is 43.7 Å². The van der Waals surface area contributed by atoms with Gasteiger partial charge in [0.15, 0.2) is 0 Å². The van der Waals surface area contributed by atoms with Gasteiger partial charge in [-0.15, -0.1) is 0 Å². The highest BCUT2D eigenvalue weighted by Crippen LogP contribution is 2.38. The third kappa shape index (κ3) is 3.35. The summed E-state index contributed by atoms with van der Waals surface area (Å²) in [5, 5.41) is 6.78. The van der Waals surface area contributed by atoms with Gasteiger partial charge >= 0.3 is 0 Å². The van der Waals surface area contributed by atoms with E-state index in [4.69, 9.17) is 0 Å². The Morgan fingerprint density at radius 2 is 2.12 bits per heavy atom. The van der Waals surface area contributed by atoms with Crippen LogP contribution in [0.15, 0.2) is 18.2 Å². The summed E-state index contributed by atoms with van der Waals surface area (Å²) in [6, 6.07) is 6.68. The van der Waals surface area contributed by atoms with Crippen LogP contribution in [0.1, 0.15) is 40.0 Å². The molecule has 1 unspecified atom stereocenters. The highest BCUT2D eigenvalue weighted by Gasteiger charge is 2.30. The van der Waals surface area contributed by atoms with Gasteiger partial charge < -0.3 is 10.6 Å². The minimum absolute atomic E-state index is 0.483. The fraction of sp³-hybridized carbons (Fsp3) is 0.643. The van der Waals surface area contributed by atoms with E-state index in [-0.39, 0.29) is 0 Å². The molecule has 1 heterocycles. The molecule has 1 aliphatic rings. The Balaban J connectivity index is 1.97. The molecule has 0 aromatic carbocycles. The SMILES string of the molecule is CCNc1cccc(NC2CCC(C)(C)C2)n1. The zero-order valence-corrected chi connectivity index (χ0v) is 11.1. The van der Waals surface area contributed by atoms with Crippen molar-refractivity contribution in [3.8, 4) is 0 Å². The molecule has 0 spiro atoms. The number of hydrogen-bond donors (Lipinski definition) is 2. The number of pyridine rings is 1. The van der Waals surface area contributed by atoms with Crippen LogP contribution in [0.25, 0.3) is 0 Å². The lowest BCUT2D eigenvalue weighted by molar-refractivity contribution is 0.378. The van der Waals surface area contributed by atoms with Crippen LogP contribution in [0.5, 0.6) is 0 Å². The number of nitrogens with zero attached hydrogens (tertiary/aromatic N) is 1. The molecular weight excluding hydrogens is 210 g/mol. The topological polar surface area (TPSA) is 37.0 Å². The second-order valence-electron chi connectivity index (χ2n) is 5.69. The molecule has 2 rings (SSSR count). The Bertz CT molecular complexity index is 373. The highest BCUT2D eigenvalue weighted by atomic mass is 15.1. The molecule has 1 aromatic rings. The molecule has 0 radical (unpaired) electrons. The van der Waals surface area contributed by atoms with Crippen LogP contribution >= 0.6 is 0 Å². The Morgan fingerprint density at radius 3 is 2.76 bits per heavy atom. The van der Waals surface area contributed by atoms with Crippen molar-refractivity contribution in [3.05, 3.63) is 18.2 Å². The van der Waals surface area contributed by atoms with E-state index in [1.54, 1.807) is 0 Å². The summed E-state index contributed by atoms with van der Waals surface area (Å²) in [5.74, 6) is 1.95. The lowest BCUT2D eigenvalue weighted by atomic mass is 9.92. The zero-order valence-electron chi connectivity index (χ0n) is 11.1. The molecule has 1 aliphatic carbocycles. The van der Waals surface area contributed by atoms with Gasteiger partial charge in [-0.3, -0.25) is 0 Å². The first-order valence-electron chi connectivity index (χ1n) is 6.56. The average Bonchev–Trinajstić information content (AvgIpc) is 2.59. The minimum atomic E-state index is 0.483. The molecule has 0 saturated heterocycles. The minimum Gasteiger partial charge on any atom is -0.370 e. The van der Waals surface area contributed by atoms with Gasteiger partial charge in [-0.2, -0.15) is 0 Å². The van der Waals surface area contributed by atoms with Gasteiger partial charge in [0.25, 0.3) is 0 Å². The monoisotopic (exact) mass is 233 g/mol. The van der Waals surface area contributed by atoms with E-state index in [0.29, 0.717) is 11.5 Å². The number of rotatable bonds is 4. The maximum Gasteiger partial charge on any atom is 0.128 e. The summed E-state index contributed by atoms with van der Waals surface area (Å²) >= 11 is 0. The standard InChI is InChI=1S/C14H23N3/c1-4-15-12-6-5-7-13(17-12)16-11-8-9-14(2,3)10-11/h5-7,11H,4,8-10H2,1-3H3,(H2,15,16,17). The quantitative estimate of drug-likeness (QED) is 0.835.